The lowest BCUT2D eigenvalue weighted by Crippen LogP contribution is -2.30. The SMILES string of the molecule is Cc1ccc2c(oc3c(-c4cccc5c4OCCC5)c(C#N)ccc32)c1-c1cccc[n+]1C. The predicted octanol–water partition coefficient (Wildman–Crippen LogP) is 6.25. The first-order valence-corrected chi connectivity index (χ1v) is 11.3. The molecule has 0 radical (unpaired) electrons. The highest BCUT2D eigenvalue weighted by molar-refractivity contribution is 6.14. The molecule has 0 N–H and O–H groups in total. The van der Waals surface area contributed by atoms with Gasteiger partial charge in [-0.2, -0.15) is 5.26 Å². The lowest BCUT2D eigenvalue weighted by molar-refractivity contribution is -0.660. The lowest BCUT2D eigenvalue weighted by atomic mass is 9.93. The number of aryl methyl sites for hydroxylation is 3. The Kier molecular flexibility index (Phi) is 4.45. The molecule has 4 heteroatoms. The summed E-state index contributed by atoms with van der Waals surface area (Å²) in [5.41, 5.74) is 8.39. The number of fused-ring (bicyclic) bond motifs is 4. The molecule has 1 aliphatic heterocycles. The Balaban J connectivity index is 1.73. The van der Waals surface area contributed by atoms with Crippen LogP contribution in [-0.2, 0) is 13.5 Å². The first-order chi connectivity index (χ1) is 16.2. The third-order valence-electron chi connectivity index (χ3n) is 6.65. The molecular weight excluding hydrogens is 408 g/mol. The molecule has 1 aliphatic rings. The minimum atomic E-state index is 0.590. The number of hydrogen-bond acceptors (Lipinski definition) is 3. The van der Waals surface area contributed by atoms with Crippen LogP contribution >= 0.6 is 0 Å². The van der Waals surface area contributed by atoms with Crippen LogP contribution in [0.1, 0.15) is 23.1 Å². The van der Waals surface area contributed by atoms with Crippen molar-refractivity contribution in [1.82, 2.24) is 0 Å². The Morgan fingerprint density at radius 2 is 1.73 bits per heavy atom. The molecule has 0 saturated heterocycles. The summed E-state index contributed by atoms with van der Waals surface area (Å²) >= 11 is 0. The van der Waals surface area contributed by atoms with Gasteiger partial charge in [0.25, 0.3) is 0 Å². The maximum absolute atomic E-state index is 10.00. The van der Waals surface area contributed by atoms with E-state index >= 15 is 0 Å². The van der Waals surface area contributed by atoms with Gasteiger partial charge in [-0.15, -0.1) is 0 Å². The highest BCUT2D eigenvalue weighted by Crippen LogP contribution is 2.45. The molecule has 0 aliphatic carbocycles. The van der Waals surface area contributed by atoms with E-state index in [0.29, 0.717) is 12.2 Å². The first-order valence-electron chi connectivity index (χ1n) is 11.3. The average Bonchev–Trinajstić information content (AvgIpc) is 3.22. The van der Waals surface area contributed by atoms with Crippen molar-refractivity contribution >= 4 is 21.9 Å². The zero-order chi connectivity index (χ0) is 22.5. The summed E-state index contributed by atoms with van der Waals surface area (Å²) in [6, 6.07) is 22.9. The number of nitriles is 1. The molecule has 0 spiro atoms. The van der Waals surface area contributed by atoms with E-state index in [2.05, 4.69) is 41.8 Å². The molecule has 3 aromatic carbocycles. The van der Waals surface area contributed by atoms with Gasteiger partial charge in [0.05, 0.1) is 23.8 Å². The van der Waals surface area contributed by atoms with E-state index in [9.17, 15) is 5.26 Å². The Hall–Kier alpha value is -4.10. The van der Waals surface area contributed by atoms with Crippen LogP contribution in [0.15, 0.2) is 71.3 Å². The van der Waals surface area contributed by atoms with Crippen molar-refractivity contribution in [3.8, 4) is 34.2 Å². The molecule has 0 fully saturated rings. The fourth-order valence-corrected chi connectivity index (χ4v) is 5.05. The molecule has 0 saturated carbocycles. The van der Waals surface area contributed by atoms with Gasteiger partial charge in [0, 0.05) is 34.0 Å². The molecule has 0 amide bonds. The summed E-state index contributed by atoms with van der Waals surface area (Å²) in [4.78, 5) is 0. The Morgan fingerprint density at radius 3 is 2.55 bits per heavy atom. The van der Waals surface area contributed by atoms with Crippen molar-refractivity contribution < 1.29 is 13.7 Å². The number of benzene rings is 3. The van der Waals surface area contributed by atoms with Gasteiger partial charge in [0.1, 0.15) is 24.0 Å². The Labute approximate surface area is 192 Å². The molecule has 3 heterocycles. The zero-order valence-electron chi connectivity index (χ0n) is 18.7. The van der Waals surface area contributed by atoms with E-state index in [1.54, 1.807) is 0 Å². The van der Waals surface area contributed by atoms with E-state index in [-0.39, 0.29) is 0 Å². The number of pyridine rings is 1. The molecule has 33 heavy (non-hydrogen) atoms. The number of ether oxygens (including phenoxy) is 1. The van der Waals surface area contributed by atoms with Gasteiger partial charge in [0.15, 0.2) is 6.20 Å². The van der Waals surface area contributed by atoms with Crippen molar-refractivity contribution in [3.05, 3.63) is 83.6 Å². The smallest absolute Gasteiger partial charge is 0.216 e. The summed E-state index contributed by atoms with van der Waals surface area (Å²) in [7, 11) is 2.04. The summed E-state index contributed by atoms with van der Waals surface area (Å²) in [5.74, 6) is 0.874. The highest BCUT2D eigenvalue weighted by atomic mass is 16.5. The zero-order valence-corrected chi connectivity index (χ0v) is 18.7. The van der Waals surface area contributed by atoms with Gasteiger partial charge < -0.3 is 9.15 Å². The van der Waals surface area contributed by atoms with Gasteiger partial charge in [0.2, 0.25) is 5.69 Å². The number of rotatable bonds is 2. The summed E-state index contributed by atoms with van der Waals surface area (Å²) in [5, 5.41) is 12.0. The third-order valence-corrected chi connectivity index (χ3v) is 6.65. The fraction of sp³-hybridized carbons (Fsp3) is 0.172. The van der Waals surface area contributed by atoms with Crippen LogP contribution in [0.2, 0.25) is 0 Å². The van der Waals surface area contributed by atoms with Crippen molar-refractivity contribution in [2.45, 2.75) is 19.8 Å². The van der Waals surface area contributed by atoms with Gasteiger partial charge in [-0.25, -0.2) is 4.57 Å². The van der Waals surface area contributed by atoms with Gasteiger partial charge >= 0.3 is 0 Å². The van der Waals surface area contributed by atoms with E-state index in [1.165, 1.54) is 5.56 Å². The summed E-state index contributed by atoms with van der Waals surface area (Å²) < 4.78 is 14.9. The molecule has 2 aromatic heterocycles. The van der Waals surface area contributed by atoms with Crippen LogP contribution in [0.5, 0.6) is 5.75 Å². The summed E-state index contributed by atoms with van der Waals surface area (Å²) in [6.07, 6.45) is 4.03. The van der Waals surface area contributed by atoms with E-state index in [1.807, 2.05) is 49.6 Å². The third kappa shape index (κ3) is 2.93. The Bertz CT molecular complexity index is 1600. The molecule has 0 atom stereocenters. The maximum atomic E-state index is 10.00. The molecule has 0 bridgehead atoms. The minimum absolute atomic E-state index is 0.590. The second-order valence-corrected chi connectivity index (χ2v) is 8.66. The van der Waals surface area contributed by atoms with Gasteiger partial charge in [-0.3, -0.25) is 0 Å². The maximum Gasteiger partial charge on any atom is 0.216 e. The number of para-hydroxylation sites is 1. The van der Waals surface area contributed by atoms with Crippen LogP contribution in [0, 0.1) is 18.3 Å². The van der Waals surface area contributed by atoms with Crippen molar-refractivity contribution in [2.24, 2.45) is 7.05 Å². The number of hydrogen-bond donors (Lipinski definition) is 0. The van der Waals surface area contributed by atoms with Crippen LogP contribution in [0.4, 0.5) is 0 Å². The Morgan fingerprint density at radius 1 is 0.909 bits per heavy atom. The van der Waals surface area contributed by atoms with Crippen molar-refractivity contribution in [1.29, 1.82) is 5.26 Å². The van der Waals surface area contributed by atoms with Crippen LogP contribution in [0.3, 0.4) is 0 Å². The van der Waals surface area contributed by atoms with E-state index < -0.39 is 0 Å². The van der Waals surface area contributed by atoms with Crippen molar-refractivity contribution in [3.63, 3.8) is 0 Å². The van der Waals surface area contributed by atoms with Crippen LogP contribution in [-0.4, -0.2) is 6.61 Å². The predicted molar refractivity (Wildman–Crippen MR) is 129 cm³/mol. The quantitative estimate of drug-likeness (QED) is 0.311. The molecule has 5 aromatic rings. The van der Waals surface area contributed by atoms with Gasteiger partial charge in [-0.1, -0.05) is 30.3 Å². The minimum Gasteiger partial charge on any atom is -0.493 e. The number of aromatic nitrogens is 1. The topological polar surface area (TPSA) is 50.0 Å². The monoisotopic (exact) mass is 431 g/mol. The molecule has 0 unspecified atom stereocenters. The highest BCUT2D eigenvalue weighted by Gasteiger charge is 2.25. The molecule has 6 rings (SSSR count). The largest absolute Gasteiger partial charge is 0.493 e. The van der Waals surface area contributed by atoms with Gasteiger partial charge in [-0.05, 0) is 49.1 Å². The molecule has 160 valence electrons. The van der Waals surface area contributed by atoms with Crippen molar-refractivity contribution in [2.75, 3.05) is 6.61 Å². The lowest BCUT2D eigenvalue weighted by Gasteiger charge is -2.20. The molecular formula is C29H23N2O2+. The fourth-order valence-electron chi connectivity index (χ4n) is 5.05. The molecule has 4 nitrogen and oxygen atoms in total. The summed E-state index contributed by atoms with van der Waals surface area (Å²) in [6.45, 7) is 2.80. The number of furan rings is 1. The first kappa shape index (κ1) is 19.6. The second-order valence-electron chi connectivity index (χ2n) is 8.66. The standard InChI is InChI=1S/C29H23N2O2/c1-18-11-13-21-22-14-12-20(17-30)26(23-9-5-7-19-8-6-16-32-27(19)23)29(22)33-28(21)25(18)24-10-3-4-15-31(24)2/h3-5,7,9-15H,6,8,16H2,1-2H3/q+1. The van der Waals surface area contributed by atoms with E-state index in [0.717, 1.165) is 68.5 Å². The van der Waals surface area contributed by atoms with Crippen LogP contribution in [0.25, 0.3) is 44.3 Å². The normalized spacial score (nSPS) is 13.0. The second kappa shape index (κ2) is 7.50. The number of nitrogens with zero attached hydrogens (tertiary/aromatic N) is 2. The average molecular weight is 432 g/mol. The van der Waals surface area contributed by atoms with E-state index in [4.69, 9.17) is 9.15 Å². The van der Waals surface area contributed by atoms with Crippen LogP contribution < -0.4 is 9.30 Å².